The Morgan fingerprint density at radius 2 is 1.94 bits per heavy atom. The molecule has 172 valence electrons. The van der Waals surface area contributed by atoms with Gasteiger partial charge in [0.25, 0.3) is 5.91 Å². The molecule has 1 N–H and O–H groups in total. The lowest BCUT2D eigenvalue weighted by Crippen LogP contribution is -2.34. The average Bonchev–Trinajstić information content (AvgIpc) is 3.26. The van der Waals surface area contributed by atoms with E-state index in [0.29, 0.717) is 28.4 Å². The molecule has 1 unspecified atom stereocenters. The van der Waals surface area contributed by atoms with Crippen molar-refractivity contribution in [2.45, 2.75) is 40.2 Å². The zero-order valence-electron chi connectivity index (χ0n) is 19.3. The molecule has 2 heterocycles. The van der Waals surface area contributed by atoms with Crippen molar-refractivity contribution in [3.8, 4) is 5.75 Å². The Morgan fingerprint density at radius 3 is 2.53 bits per heavy atom. The van der Waals surface area contributed by atoms with Crippen molar-refractivity contribution < 1.29 is 19.4 Å². The molecule has 1 aliphatic heterocycles. The normalized spacial score (nSPS) is 16.4. The highest BCUT2D eigenvalue weighted by Gasteiger charge is 2.45. The van der Waals surface area contributed by atoms with Crippen LogP contribution in [0.5, 0.6) is 5.75 Å². The Bertz CT molecular complexity index is 1030. The third-order valence-electron chi connectivity index (χ3n) is 5.86. The SMILES string of the molecule is CCN(CC)CCCN1C(=O)C(O)=C(C(=O)c2sc(C)nc2C)C1c1ccccc1OC. The number of carbonyl (C=O) groups is 2. The summed E-state index contributed by atoms with van der Waals surface area (Å²) in [7, 11) is 1.56. The van der Waals surface area contributed by atoms with Gasteiger partial charge >= 0.3 is 0 Å². The lowest BCUT2D eigenvalue weighted by molar-refractivity contribution is -0.129. The lowest BCUT2D eigenvalue weighted by atomic mass is 9.94. The summed E-state index contributed by atoms with van der Waals surface area (Å²) in [5.74, 6) is -0.806. The third-order valence-corrected chi connectivity index (χ3v) is 6.93. The molecule has 7 nitrogen and oxygen atoms in total. The molecule has 0 saturated carbocycles. The molecule has 0 saturated heterocycles. The van der Waals surface area contributed by atoms with E-state index in [9.17, 15) is 14.7 Å². The number of aliphatic hydroxyl groups excluding tert-OH is 1. The molecule has 1 aromatic heterocycles. The van der Waals surface area contributed by atoms with E-state index in [0.717, 1.165) is 31.1 Å². The molecule has 1 aliphatic rings. The van der Waals surface area contributed by atoms with E-state index in [1.54, 1.807) is 25.0 Å². The summed E-state index contributed by atoms with van der Waals surface area (Å²) in [4.78, 5) is 35.4. The number of thiazole rings is 1. The molecule has 2 aromatic rings. The number of Topliss-reactive ketones (excluding diaryl/α,β-unsaturated/α-hetero) is 1. The molecule has 3 rings (SSSR count). The van der Waals surface area contributed by atoms with Gasteiger partial charge < -0.3 is 19.6 Å². The van der Waals surface area contributed by atoms with Crippen LogP contribution in [0.2, 0.25) is 0 Å². The van der Waals surface area contributed by atoms with E-state index in [-0.39, 0.29) is 11.4 Å². The van der Waals surface area contributed by atoms with Gasteiger partial charge in [-0.2, -0.15) is 0 Å². The van der Waals surface area contributed by atoms with Crippen LogP contribution >= 0.6 is 11.3 Å². The quantitative estimate of drug-likeness (QED) is 0.542. The Kier molecular flexibility index (Phi) is 7.69. The van der Waals surface area contributed by atoms with Crippen molar-refractivity contribution in [2.75, 3.05) is 33.3 Å². The predicted molar refractivity (Wildman–Crippen MR) is 125 cm³/mol. The molecule has 0 aliphatic carbocycles. The molecule has 0 bridgehead atoms. The van der Waals surface area contributed by atoms with E-state index >= 15 is 0 Å². The molecule has 0 spiro atoms. The lowest BCUT2D eigenvalue weighted by Gasteiger charge is -2.29. The summed E-state index contributed by atoms with van der Waals surface area (Å²) in [5, 5.41) is 11.6. The number of aryl methyl sites for hydroxylation is 2. The number of methoxy groups -OCH3 is 1. The molecule has 1 amide bonds. The fraction of sp³-hybridized carbons (Fsp3) is 0.458. The van der Waals surface area contributed by atoms with Gasteiger partial charge in [-0.1, -0.05) is 32.0 Å². The second kappa shape index (κ2) is 10.3. The Morgan fingerprint density at radius 1 is 1.25 bits per heavy atom. The molecule has 32 heavy (non-hydrogen) atoms. The standard InChI is InChI=1S/C24H31N3O4S/c1-6-26(7-2)13-10-14-27-20(17-11-8-9-12-18(17)31-5)19(22(29)24(27)30)21(28)23-15(3)25-16(4)32-23/h8-9,11-12,20,29H,6-7,10,13-14H2,1-5H3. The Balaban J connectivity index is 2.03. The van der Waals surface area contributed by atoms with Crippen LogP contribution in [0.25, 0.3) is 0 Å². The molecule has 0 radical (unpaired) electrons. The molecular formula is C24H31N3O4S. The highest BCUT2D eigenvalue weighted by molar-refractivity contribution is 7.14. The summed E-state index contributed by atoms with van der Waals surface area (Å²) < 4.78 is 5.54. The molecular weight excluding hydrogens is 426 g/mol. The molecule has 1 atom stereocenters. The maximum Gasteiger partial charge on any atom is 0.290 e. The fourth-order valence-corrected chi connectivity index (χ4v) is 5.07. The highest BCUT2D eigenvalue weighted by atomic mass is 32.1. The predicted octanol–water partition coefficient (Wildman–Crippen LogP) is 4.08. The number of ketones is 1. The van der Waals surface area contributed by atoms with Gasteiger partial charge in [-0.05, 0) is 46.0 Å². The minimum atomic E-state index is -0.718. The number of ether oxygens (including phenoxy) is 1. The minimum absolute atomic E-state index is 0.0917. The van der Waals surface area contributed by atoms with Crippen molar-refractivity contribution in [3.05, 3.63) is 56.7 Å². The number of rotatable bonds is 10. The Hall–Kier alpha value is -2.71. The number of aromatic nitrogens is 1. The van der Waals surface area contributed by atoms with Crippen LogP contribution < -0.4 is 4.74 Å². The van der Waals surface area contributed by atoms with Gasteiger partial charge in [-0.3, -0.25) is 9.59 Å². The number of aliphatic hydroxyl groups is 1. The maximum absolute atomic E-state index is 13.6. The minimum Gasteiger partial charge on any atom is -0.503 e. The van der Waals surface area contributed by atoms with Gasteiger partial charge in [0.2, 0.25) is 5.78 Å². The van der Waals surface area contributed by atoms with E-state index in [4.69, 9.17) is 4.74 Å². The number of hydrogen-bond acceptors (Lipinski definition) is 7. The van der Waals surface area contributed by atoms with E-state index in [1.165, 1.54) is 11.3 Å². The van der Waals surface area contributed by atoms with Crippen molar-refractivity contribution in [1.82, 2.24) is 14.8 Å². The van der Waals surface area contributed by atoms with E-state index in [2.05, 4.69) is 23.7 Å². The van der Waals surface area contributed by atoms with Gasteiger partial charge in [0.05, 0.1) is 34.3 Å². The number of para-hydroxylation sites is 1. The summed E-state index contributed by atoms with van der Waals surface area (Å²) >= 11 is 1.28. The summed E-state index contributed by atoms with van der Waals surface area (Å²) in [6, 6.07) is 6.60. The van der Waals surface area contributed by atoms with Crippen LogP contribution in [-0.4, -0.2) is 64.9 Å². The molecule has 1 aromatic carbocycles. The van der Waals surface area contributed by atoms with Crippen molar-refractivity contribution >= 4 is 23.0 Å². The fourth-order valence-electron chi connectivity index (χ4n) is 4.20. The zero-order valence-corrected chi connectivity index (χ0v) is 20.2. The smallest absolute Gasteiger partial charge is 0.290 e. The van der Waals surface area contributed by atoms with Crippen LogP contribution in [0.4, 0.5) is 0 Å². The van der Waals surface area contributed by atoms with E-state index < -0.39 is 17.7 Å². The first-order chi connectivity index (χ1) is 15.3. The van der Waals surface area contributed by atoms with Gasteiger partial charge in [-0.25, -0.2) is 4.98 Å². The first-order valence-corrected chi connectivity index (χ1v) is 11.7. The second-order valence-electron chi connectivity index (χ2n) is 7.76. The van der Waals surface area contributed by atoms with Crippen molar-refractivity contribution in [1.29, 1.82) is 0 Å². The maximum atomic E-state index is 13.6. The summed E-state index contributed by atoms with van der Waals surface area (Å²) in [6.07, 6.45) is 0.729. The number of nitrogens with zero attached hydrogens (tertiary/aromatic N) is 3. The van der Waals surface area contributed by atoms with Crippen LogP contribution in [0, 0.1) is 13.8 Å². The summed E-state index contributed by atoms with van der Waals surface area (Å²) in [6.45, 7) is 10.9. The van der Waals surface area contributed by atoms with Crippen LogP contribution in [0.15, 0.2) is 35.6 Å². The van der Waals surface area contributed by atoms with Crippen LogP contribution in [0.3, 0.4) is 0 Å². The largest absolute Gasteiger partial charge is 0.503 e. The second-order valence-corrected chi connectivity index (χ2v) is 8.97. The first kappa shape index (κ1) is 23.9. The van der Waals surface area contributed by atoms with Gasteiger partial charge in [0.1, 0.15) is 5.75 Å². The first-order valence-electron chi connectivity index (χ1n) is 10.9. The highest BCUT2D eigenvalue weighted by Crippen LogP contribution is 2.43. The number of hydrogen-bond donors (Lipinski definition) is 1. The van der Waals surface area contributed by atoms with Gasteiger partial charge in [0, 0.05) is 12.1 Å². The van der Waals surface area contributed by atoms with E-state index in [1.807, 2.05) is 25.1 Å². The van der Waals surface area contributed by atoms with Gasteiger partial charge in [0.15, 0.2) is 5.76 Å². The zero-order chi connectivity index (χ0) is 23.4. The topological polar surface area (TPSA) is 83.0 Å². The van der Waals surface area contributed by atoms with Gasteiger partial charge in [-0.15, -0.1) is 11.3 Å². The van der Waals surface area contributed by atoms with Crippen molar-refractivity contribution in [3.63, 3.8) is 0 Å². The Labute approximate surface area is 193 Å². The molecule has 0 fully saturated rings. The average molecular weight is 458 g/mol. The van der Waals surface area contributed by atoms with Crippen molar-refractivity contribution in [2.24, 2.45) is 0 Å². The monoisotopic (exact) mass is 457 g/mol. The van der Waals surface area contributed by atoms with Crippen LogP contribution in [0.1, 0.15) is 52.2 Å². The molecule has 8 heteroatoms. The number of benzene rings is 1. The summed E-state index contributed by atoms with van der Waals surface area (Å²) in [5.41, 5.74) is 1.37. The number of amides is 1. The third kappa shape index (κ3) is 4.56. The van der Waals surface area contributed by atoms with Crippen LogP contribution in [-0.2, 0) is 4.79 Å². The number of carbonyl (C=O) groups excluding carboxylic acids is 2.